The lowest BCUT2D eigenvalue weighted by molar-refractivity contribution is 0.438. The first kappa shape index (κ1) is 9.90. The Morgan fingerprint density at radius 2 is 2.06 bits per heavy atom. The molecule has 0 aromatic heterocycles. The number of hydrogen-bond acceptors (Lipinski definition) is 3. The molecule has 0 aliphatic carbocycles. The molecule has 1 aromatic carbocycles. The summed E-state index contributed by atoms with van der Waals surface area (Å²) in [5.74, 6) is -0.151. The molecule has 0 atom stereocenters. The second-order valence-corrected chi connectivity index (χ2v) is 4.45. The Hall–Kier alpha value is -1.29. The summed E-state index contributed by atoms with van der Waals surface area (Å²) in [5.41, 5.74) is 2.08. The SMILES string of the molecule is Fc1ccc2c(c1)N(C1CCNCC1)CN2. The van der Waals surface area contributed by atoms with Crippen molar-refractivity contribution in [2.75, 3.05) is 30.0 Å². The predicted molar refractivity (Wildman–Crippen MR) is 63.3 cm³/mol. The molecule has 0 bridgehead atoms. The number of halogens is 1. The van der Waals surface area contributed by atoms with Crippen molar-refractivity contribution in [1.82, 2.24) is 5.32 Å². The number of hydrogen-bond donors (Lipinski definition) is 2. The Bertz CT molecular complexity index is 388. The van der Waals surface area contributed by atoms with Crippen molar-refractivity contribution in [2.24, 2.45) is 0 Å². The van der Waals surface area contributed by atoms with E-state index in [-0.39, 0.29) is 5.82 Å². The van der Waals surface area contributed by atoms with Crippen LogP contribution in [0.1, 0.15) is 12.8 Å². The fourth-order valence-corrected chi connectivity index (χ4v) is 2.59. The summed E-state index contributed by atoms with van der Waals surface area (Å²) < 4.78 is 13.2. The lowest BCUT2D eigenvalue weighted by Gasteiger charge is -2.32. The molecule has 0 spiro atoms. The summed E-state index contributed by atoms with van der Waals surface area (Å²) in [7, 11) is 0. The summed E-state index contributed by atoms with van der Waals surface area (Å²) in [5, 5.41) is 6.67. The van der Waals surface area contributed by atoms with Gasteiger partial charge in [0.2, 0.25) is 0 Å². The third kappa shape index (κ3) is 1.63. The normalized spacial score (nSPS) is 20.7. The molecule has 3 rings (SSSR count). The average molecular weight is 221 g/mol. The number of anilines is 2. The number of benzene rings is 1. The van der Waals surface area contributed by atoms with Crippen LogP contribution in [-0.2, 0) is 0 Å². The first-order chi connectivity index (χ1) is 7.84. The zero-order valence-corrected chi connectivity index (χ0v) is 9.17. The molecule has 1 fully saturated rings. The van der Waals surface area contributed by atoms with Gasteiger partial charge in [0.1, 0.15) is 5.82 Å². The maximum atomic E-state index is 13.2. The lowest BCUT2D eigenvalue weighted by Crippen LogP contribution is -2.43. The summed E-state index contributed by atoms with van der Waals surface area (Å²) in [6.45, 7) is 2.93. The van der Waals surface area contributed by atoms with E-state index in [0.29, 0.717) is 6.04 Å². The molecule has 1 aromatic rings. The van der Waals surface area contributed by atoms with E-state index >= 15 is 0 Å². The maximum Gasteiger partial charge on any atom is 0.125 e. The molecular weight excluding hydrogens is 205 g/mol. The Balaban J connectivity index is 1.86. The summed E-state index contributed by atoms with van der Waals surface area (Å²) in [6.07, 6.45) is 2.27. The lowest BCUT2D eigenvalue weighted by atomic mass is 10.0. The Morgan fingerprint density at radius 3 is 2.88 bits per heavy atom. The molecule has 16 heavy (non-hydrogen) atoms. The summed E-state index contributed by atoms with van der Waals surface area (Å²) >= 11 is 0. The largest absolute Gasteiger partial charge is 0.366 e. The number of nitrogens with zero attached hydrogens (tertiary/aromatic N) is 1. The Kier molecular flexibility index (Phi) is 2.44. The highest BCUT2D eigenvalue weighted by Crippen LogP contribution is 2.34. The van der Waals surface area contributed by atoms with E-state index in [1.165, 1.54) is 6.07 Å². The van der Waals surface area contributed by atoms with Crippen molar-refractivity contribution in [3.8, 4) is 0 Å². The van der Waals surface area contributed by atoms with Crippen LogP contribution in [0.3, 0.4) is 0 Å². The standard InChI is InChI=1S/C12H16FN3/c13-9-1-2-11-12(7-9)16(8-15-11)10-3-5-14-6-4-10/h1-2,7,10,14-15H,3-6,8H2. The minimum absolute atomic E-state index is 0.151. The molecular formula is C12H16FN3. The van der Waals surface area contributed by atoms with Crippen molar-refractivity contribution >= 4 is 11.4 Å². The van der Waals surface area contributed by atoms with Gasteiger partial charge < -0.3 is 15.5 Å². The van der Waals surface area contributed by atoms with Crippen LogP contribution in [0.4, 0.5) is 15.8 Å². The van der Waals surface area contributed by atoms with E-state index in [1.807, 2.05) is 6.07 Å². The van der Waals surface area contributed by atoms with Gasteiger partial charge in [-0.3, -0.25) is 0 Å². The molecule has 0 amide bonds. The molecule has 86 valence electrons. The molecule has 4 heteroatoms. The second-order valence-electron chi connectivity index (χ2n) is 4.45. The molecule has 2 aliphatic rings. The van der Waals surface area contributed by atoms with Crippen LogP contribution in [0.15, 0.2) is 18.2 Å². The van der Waals surface area contributed by atoms with Crippen LogP contribution in [0.2, 0.25) is 0 Å². The highest BCUT2D eigenvalue weighted by Gasteiger charge is 2.27. The van der Waals surface area contributed by atoms with Gasteiger partial charge in [0, 0.05) is 6.04 Å². The second kappa shape index (κ2) is 3.94. The third-order valence-corrected chi connectivity index (χ3v) is 3.46. The molecule has 2 N–H and O–H groups in total. The van der Waals surface area contributed by atoms with E-state index in [4.69, 9.17) is 0 Å². The minimum Gasteiger partial charge on any atom is -0.366 e. The van der Waals surface area contributed by atoms with Crippen LogP contribution in [-0.4, -0.2) is 25.8 Å². The van der Waals surface area contributed by atoms with E-state index in [1.54, 1.807) is 6.07 Å². The van der Waals surface area contributed by atoms with Gasteiger partial charge >= 0.3 is 0 Å². The van der Waals surface area contributed by atoms with E-state index in [2.05, 4.69) is 15.5 Å². The average Bonchev–Trinajstić information content (AvgIpc) is 2.73. The first-order valence-corrected chi connectivity index (χ1v) is 5.85. The molecule has 0 radical (unpaired) electrons. The zero-order chi connectivity index (χ0) is 11.0. The molecule has 1 saturated heterocycles. The van der Waals surface area contributed by atoms with Gasteiger partial charge in [-0.05, 0) is 44.1 Å². The van der Waals surface area contributed by atoms with Gasteiger partial charge in [-0.15, -0.1) is 0 Å². The first-order valence-electron chi connectivity index (χ1n) is 5.85. The van der Waals surface area contributed by atoms with Gasteiger partial charge in [0.25, 0.3) is 0 Å². The van der Waals surface area contributed by atoms with Crippen LogP contribution in [0.25, 0.3) is 0 Å². The highest BCUT2D eigenvalue weighted by molar-refractivity contribution is 5.75. The third-order valence-electron chi connectivity index (χ3n) is 3.46. The Morgan fingerprint density at radius 1 is 1.25 bits per heavy atom. The van der Waals surface area contributed by atoms with Crippen molar-refractivity contribution in [3.63, 3.8) is 0 Å². The van der Waals surface area contributed by atoms with Gasteiger partial charge in [-0.1, -0.05) is 0 Å². The van der Waals surface area contributed by atoms with Crippen LogP contribution < -0.4 is 15.5 Å². The predicted octanol–water partition coefficient (Wildman–Crippen LogP) is 1.77. The highest BCUT2D eigenvalue weighted by atomic mass is 19.1. The van der Waals surface area contributed by atoms with Crippen molar-refractivity contribution in [3.05, 3.63) is 24.0 Å². The smallest absolute Gasteiger partial charge is 0.125 e. The van der Waals surface area contributed by atoms with Gasteiger partial charge in [-0.25, -0.2) is 4.39 Å². The van der Waals surface area contributed by atoms with Crippen LogP contribution in [0.5, 0.6) is 0 Å². The van der Waals surface area contributed by atoms with E-state index in [0.717, 1.165) is 44.0 Å². The number of fused-ring (bicyclic) bond motifs is 1. The van der Waals surface area contributed by atoms with Crippen LogP contribution >= 0.6 is 0 Å². The van der Waals surface area contributed by atoms with Gasteiger partial charge in [-0.2, -0.15) is 0 Å². The number of nitrogens with one attached hydrogen (secondary N) is 2. The monoisotopic (exact) mass is 221 g/mol. The molecule has 0 unspecified atom stereocenters. The fraction of sp³-hybridized carbons (Fsp3) is 0.500. The number of piperidine rings is 1. The molecule has 0 saturated carbocycles. The van der Waals surface area contributed by atoms with Gasteiger partial charge in [0.05, 0.1) is 18.0 Å². The van der Waals surface area contributed by atoms with Crippen molar-refractivity contribution in [2.45, 2.75) is 18.9 Å². The maximum absolute atomic E-state index is 13.2. The molecule has 2 heterocycles. The summed E-state index contributed by atoms with van der Waals surface area (Å²) in [4.78, 5) is 2.29. The molecule has 3 nitrogen and oxygen atoms in total. The van der Waals surface area contributed by atoms with Crippen molar-refractivity contribution in [1.29, 1.82) is 0 Å². The molecule has 2 aliphatic heterocycles. The van der Waals surface area contributed by atoms with Gasteiger partial charge in [0.15, 0.2) is 0 Å². The van der Waals surface area contributed by atoms with E-state index in [9.17, 15) is 4.39 Å². The summed E-state index contributed by atoms with van der Waals surface area (Å²) in [6, 6.07) is 5.51. The number of rotatable bonds is 1. The topological polar surface area (TPSA) is 27.3 Å². The van der Waals surface area contributed by atoms with E-state index < -0.39 is 0 Å². The Labute approximate surface area is 94.6 Å². The van der Waals surface area contributed by atoms with Crippen molar-refractivity contribution < 1.29 is 4.39 Å². The quantitative estimate of drug-likeness (QED) is 0.756. The van der Waals surface area contributed by atoms with Crippen LogP contribution in [0, 0.1) is 5.82 Å². The minimum atomic E-state index is -0.151. The zero-order valence-electron chi connectivity index (χ0n) is 9.17. The fourth-order valence-electron chi connectivity index (χ4n) is 2.59.